The van der Waals surface area contributed by atoms with Crippen LogP contribution in [-0.4, -0.2) is 10.8 Å². The number of rotatable bonds is 5. The van der Waals surface area contributed by atoms with Gasteiger partial charge in [0.2, 0.25) is 0 Å². The van der Waals surface area contributed by atoms with Gasteiger partial charge in [0.25, 0.3) is 0 Å². The Balaban J connectivity index is 1.60. The van der Waals surface area contributed by atoms with Crippen molar-refractivity contribution in [3.63, 3.8) is 0 Å². The van der Waals surface area contributed by atoms with E-state index in [9.17, 15) is 4.39 Å². The first-order valence-corrected chi connectivity index (χ1v) is 8.66. The van der Waals surface area contributed by atoms with Crippen molar-refractivity contribution in [1.82, 2.24) is 4.57 Å². The number of nitrogens with zero attached hydrogens (tertiary/aromatic N) is 2. The maximum Gasteiger partial charge on any atom is 0.123 e. The average molecular weight is 342 g/mol. The van der Waals surface area contributed by atoms with Crippen molar-refractivity contribution in [2.75, 3.05) is 0 Å². The van der Waals surface area contributed by atoms with Crippen LogP contribution < -0.4 is 0 Å². The third kappa shape index (κ3) is 3.57. The number of benzene rings is 3. The topological polar surface area (TPSA) is 17.3 Å². The fourth-order valence-electron chi connectivity index (χ4n) is 3.13. The van der Waals surface area contributed by atoms with Crippen molar-refractivity contribution in [3.8, 4) is 0 Å². The lowest BCUT2D eigenvalue weighted by atomic mass is 10.2. The second-order valence-corrected chi connectivity index (χ2v) is 6.31. The molecule has 0 fully saturated rings. The van der Waals surface area contributed by atoms with Gasteiger partial charge in [0.05, 0.1) is 6.54 Å². The van der Waals surface area contributed by atoms with Gasteiger partial charge in [0.1, 0.15) is 5.82 Å². The fraction of sp³-hybridized carbons (Fsp3) is 0.0870. The molecule has 0 saturated carbocycles. The molecule has 0 aliphatic heterocycles. The van der Waals surface area contributed by atoms with Gasteiger partial charge in [-0.2, -0.15) is 0 Å². The third-order valence-corrected chi connectivity index (χ3v) is 4.43. The van der Waals surface area contributed by atoms with Crippen LogP contribution in [0.1, 0.15) is 16.7 Å². The molecule has 4 rings (SSSR count). The van der Waals surface area contributed by atoms with Gasteiger partial charge in [0.15, 0.2) is 0 Å². The highest BCUT2D eigenvalue weighted by Gasteiger charge is 2.06. The monoisotopic (exact) mass is 342 g/mol. The van der Waals surface area contributed by atoms with Crippen LogP contribution in [0.3, 0.4) is 0 Å². The molecule has 0 aliphatic carbocycles. The Morgan fingerprint density at radius 2 is 1.54 bits per heavy atom. The van der Waals surface area contributed by atoms with E-state index in [0.717, 1.165) is 17.7 Å². The predicted molar refractivity (Wildman–Crippen MR) is 105 cm³/mol. The molecule has 0 aliphatic rings. The van der Waals surface area contributed by atoms with Crippen molar-refractivity contribution < 1.29 is 4.39 Å². The highest BCUT2D eigenvalue weighted by molar-refractivity contribution is 5.99. The summed E-state index contributed by atoms with van der Waals surface area (Å²) in [5.41, 5.74) is 4.55. The molecule has 0 spiro atoms. The molecule has 0 atom stereocenters. The number of halogens is 1. The minimum absolute atomic E-state index is 0.221. The summed E-state index contributed by atoms with van der Waals surface area (Å²) in [6.07, 6.45) is 4.05. The summed E-state index contributed by atoms with van der Waals surface area (Å²) < 4.78 is 15.2. The van der Waals surface area contributed by atoms with Gasteiger partial charge < -0.3 is 4.57 Å². The van der Waals surface area contributed by atoms with Crippen molar-refractivity contribution in [1.29, 1.82) is 0 Å². The summed E-state index contributed by atoms with van der Waals surface area (Å²) >= 11 is 0. The zero-order chi connectivity index (χ0) is 17.8. The highest BCUT2D eigenvalue weighted by atomic mass is 19.1. The molecule has 3 heteroatoms. The predicted octanol–water partition coefficient (Wildman–Crippen LogP) is 5.45. The van der Waals surface area contributed by atoms with Gasteiger partial charge in [-0.05, 0) is 29.3 Å². The van der Waals surface area contributed by atoms with Crippen LogP contribution in [0.25, 0.3) is 10.9 Å². The van der Waals surface area contributed by atoms with Crippen molar-refractivity contribution in [2.24, 2.45) is 4.99 Å². The molecule has 1 aromatic heterocycles. The summed E-state index contributed by atoms with van der Waals surface area (Å²) in [5, 5.41) is 1.19. The molecule has 0 amide bonds. The minimum Gasteiger partial charge on any atom is -0.342 e. The van der Waals surface area contributed by atoms with E-state index in [1.165, 1.54) is 28.6 Å². The smallest absolute Gasteiger partial charge is 0.123 e. The zero-order valence-corrected chi connectivity index (χ0v) is 14.3. The van der Waals surface area contributed by atoms with Gasteiger partial charge in [0, 0.05) is 35.4 Å². The fourth-order valence-corrected chi connectivity index (χ4v) is 3.13. The number of hydrogen-bond acceptors (Lipinski definition) is 1. The summed E-state index contributed by atoms with van der Waals surface area (Å²) in [7, 11) is 0. The molecule has 1 heterocycles. The Labute approximate surface area is 152 Å². The van der Waals surface area contributed by atoms with Crippen molar-refractivity contribution >= 4 is 17.1 Å². The molecular formula is C23H19FN2. The quantitative estimate of drug-likeness (QED) is 0.429. The first kappa shape index (κ1) is 16.3. The minimum atomic E-state index is -0.221. The maximum absolute atomic E-state index is 13.0. The molecular weight excluding hydrogens is 323 g/mol. The number of para-hydroxylation sites is 1. The first-order chi connectivity index (χ1) is 12.8. The molecule has 0 bridgehead atoms. The second-order valence-electron chi connectivity index (χ2n) is 6.31. The summed E-state index contributed by atoms with van der Waals surface area (Å²) in [5.74, 6) is -0.221. The Morgan fingerprint density at radius 1 is 0.808 bits per heavy atom. The van der Waals surface area contributed by atoms with Crippen LogP contribution in [0.5, 0.6) is 0 Å². The van der Waals surface area contributed by atoms with Crippen molar-refractivity contribution in [2.45, 2.75) is 13.1 Å². The largest absolute Gasteiger partial charge is 0.342 e. The van der Waals surface area contributed by atoms with Crippen molar-refractivity contribution in [3.05, 3.63) is 108 Å². The Hall–Kier alpha value is -3.20. The van der Waals surface area contributed by atoms with E-state index in [-0.39, 0.29) is 5.82 Å². The highest BCUT2D eigenvalue weighted by Crippen LogP contribution is 2.21. The molecule has 2 nitrogen and oxygen atoms in total. The molecule has 26 heavy (non-hydrogen) atoms. The Morgan fingerprint density at radius 3 is 2.35 bits per heavy atom. The molecule has 3 aromatic carbocycles. The second kappa shape index (κ2) is 7.36. The normalized spacial score (nSPS) is 11.4. The van der Waals surface area contributed by atoms with Crippen LogP contribution in [0.15, 0.2) is 90.1 Å². The maximum atomic E-state index is 13.0. The number of aliphatic imine (C=N–C) groups is 1. The molecule has 0 unspecified atom stereocenters. The number of hydrogen-bond donors (Lipinski definition) is 0. The van der Waals surface area contributed by atoms with E-state index in [1.807, 2.05) is 18.3 Å². The van der Waals surface area contributed by atoms with Gasteiger partial charge >= 0.3 is 0 Å². The van der Waals surface area contributed by atoms with Crippen LogP contribution in [0.2, 0.25) is 0 Å². The van der Waals surface area contributed by atoms with Gasteiger partial charge in [-0.1, -0.05) is 60.7 Å². The lowest BCUT2D eigenvalue weighted by molar-refractivity contribution is 0.627. The molecule has 128 valence electrons. The van der Waals surface area contributed by atoms with Crippen LogP contribution in [-0.2, 0) is 13.1 Å². The molecule has 4 aromatic rings. The summed E-state index contributed by atoms with van der Waals surface area (Å²) in [6, 6.07) is 25.3. The lowest BCUT2D eigenvalue weighted by Crippen LogP contribution is -1.97. The van der Waals surface area contributed by atoms with E-state index in [0.29, 0.717) is 6.54 Å². The van der Waals surface area contributed by atoms with E-state index < -0.39 is 0 Å². The van der Waals surface area contributed by atoms with Crippen LogP contribution >= 0.6 is 0 Å². The van der Waals surface area contributed by atoms with Gasteiger partial charge in [-0.25, -0.2) is 4.39 Å². The zero-order valence-electron chi connectivity index (χ0n) is 14.3. The van der Waals surface area contributed by atoms with E-state index in [1.54, 1.807) is 12.1 Å². The van der Waals surface area contributed by atoms with E-state index in [4.69, 9.17) is 0 Å². The number of aromatic nitrogens is 1. The first-order valence-electron chi connectivity index (χ1n) is 8.66. The molecule has 0 N–H and O–H groups in total. The Bertz CT molecular complexity index is 1030. The molecule has 0 radical (unpaired) electrons. The summed E-state index contributed by atoms with van der Waals surface area (Å²) in [6.45, 7) is 1.37. The van der Waals surface area contributed by atoms with E-state index in [2.05, 4.69) is 58.2 Å². The average Bonchev–Trinajstić information content (AvgIpc) is 3.02. The third-order valence-electron chi connectivity index (χ3n) is 4.43. The lowest BCUT2D eigenvalue weighted by Gasteiger charge is -2.05. The van der Waals surface area contributed by atoms with E-state index >= 15 is 0 Å². The molecule has 0 saturated heterocycles. The SMILES string of the molecule is Fc1ccc(CN=Cc2cn(Cc3ccccc3)c3ccccc23)cc1. The Kier molecular flexibility index (Phi) is 4.61. The van der Waals surface area contributed by atoms with Gasteiger partial charge in [-0.3, -0.25) is 4.99 Å². The van der Waals surface area contributed by atoms with Crippen LogP contribution in [0, 0.1) is 5.82 Å². The van der Waals surface area contributed by atoms with Crippen LogP contribution in [0.4, 0.5) is 4.39 Å². The standard InChI is InChI=1S/C23H19FN2/c24-21-12-10-18(11-13-21)14-25-15-20-17-26(16-19-6-2-1-3-7-19)23-9-5-4-8-22(20)23/h1-13,15,17H,14,16H2. The summed E-state index contributed by atoms with van der Waals surface area (Å²) in [4.78, 5) is 4.55. The number of fused-ring (bicyclic) bond motifs is 1. The van der Waals surface area contributed by atoms with Gasteiger partial charge in [-0.15, -0.1) is 0 Å².